The molecule has 4 aliphatic carbocycles. The highest BCUT2D eigenvalue weighted by atomic mass is 16.3. The molecular weight excluding hydrogens is 316 g/mol. The summed E-state index contributed by atoms with van der Waals surface area (Å²) >= 11 is 0. The number of ketones is 1. The van der Waals surface area contributed by atoms with Crippen LogP contribution in [0.2, 0.25) is 0 Å². The lowest BCUT2D eigenvalue weighted by Gasteiger charge is -2.62. The monoisotopic (exact) mass is 350 g/mol. The van der Waals surface area contributed by atoms with Crippen LogP contribution >= 0.6 is 0 Å². The molecule has 4 heteroatoms. The number of carbonyl (C=O) groups excluding carboxylic acids is 1. The maximum absolute atomic E-state index is 12.3. The molecule has 0 bridgehead atoms. The van der Waals surface area contributed by atoms with Gasteiger partial charge in [0.25, 0.3) is 0 Å². The van der Waals surface area contributed by atoms with E-state index in [-0.39, 0.29) is 23.7 Å². The highest BCUT2D eigenvalue weighted by molar-refractivity contribution is 5.83. The van der Waals surface area contributed by atoms with E-state index in [1.165, 1.54) is 32.1 Å². The molecule has 0 saturated heterocycles. The van der Waals surface area contributed by atoms with Gasteiger partial charge in [0.05, 0.1) is 6.10 Å². The predicted molar refractivity (Wildman–Crippen MR) is 94.7 cm³/mol. The fraction of sp³-hybridized carbons (Fsp3) is 0.952. The highest BCUT2D eigenvalue weighted by Crippen LogP contribution is 2.67. The van der Waals surface area contributed by atoms with Crippen molar-refractivity contribution in [3.63, 3.8) is 0 Å². The van der Waals surface area contributed by atoms with E-state index < -0.39 is 18.1 Å². The molecule has 0 aliphatic heterocycles. The predicted octanol–water partition coefficient (Wildman–Crippen LogP) is 2.54. The number of aliphatic hydroxyl groups is 3. The number of fused-ring (bicyclic) bond motifs is 5. The molecular formula is C21H34O4. The van der Waals surface area contributed by atoms with Crippen molar-refractivity contribution in [3.05, 3.63) is 0 Å². The van der Waals surface area contributed by atoms with E-state index >= 15 is 0 Å². The van der Waals surface area contributed by atoms with Crippen molar-refractivity contribution in [3.8, 4) is 0 Å². The molecule has 0 amide bonds. The van der Waals surface area contributed by atoms with Gasteiger partial charge in [0.15, 0.2) is 5.78 Å². The van der Waals surface area contributed by atoms with Crippen molar-refractivity contribution in [2.75, 3.05) is 13.2 Å². The van der Waals surface area contributed by atoms with Crippen LogP contribution in [0.3, 0.4) is 0 Å². The SMILES string of the molecule is C[C@]12CCCCC1CC[C@H]1[C@@H]3CC[C@H](C(=O)CO)[C@@]3(CO)CC(O)[C@@H]12. The third-order valence-electron chi connectivity index (χ3n) is 9.08. The second-order valence-corrected chi connectivity index (χ2v) is 9.74. The molecule has 4 saturated carbocycles. The normalized spacial score (nSPS) is 52.2. The molecule has 0 spiro atoms. The van der Waals surface area contributed by atoms with E-state index in [2.05, 4.69) is 6.92 Å². The zero-order valence-corrected chi connectivity index (χ0v) is 15.5. The van der Waals surface area contributed by atoms with Gasteiger partial charge in [-0.25, -0.2) is 0 Å². The fourth-order valence-corrected chi connectivity index (χ4v) is 8.10. The lowest BCUT2D eigenvalue weighted by Crippen LogP contribution is -2.60. The van der Waals surface area contributed by atoms with Gasteiger partial charge in [0.2, 0.25) is 0 Å². The summed E-state index contributed by atoms with van der Waals surface area (Å²) in [5.41, 5.74) is -0.278. The Morgan fingerprint density at radius 1 is 1.08 bits per heavy atom. The minimum Gasteiger partial charge on any atom is -0.396 e. The molecule has 4 fully saturated rings. The Labute approximate surface area is 151 Å². The third-order valence-corrected chi connectivity index (χ3v) is 9.08. The molecule has 0 heterocycles. The van der Waals surface area contributed by atoms with Gasteiger partial charge in [-0.3, -0.25) is 4.79 Å². The summed E-state index contributed by atoms with van der Waals surface area (Å²) in [4.78, 5) is 12.3. The van der Waals surface area contributed by atoms with E-state index in [4.69, 9.17) is 0 Å². The van der Waals surface area contributed by atoms with Crippen LogP contribution in [0.15, 0.2) is 0 Å². The Morgan fingerprint density at radius 3 is 2.60 bits per heavy atom. The minimum atomic E-state index is -0.502. The van der Waals surface area contributed by atoms with Gasteiger partial charge in [-0.1, -0.05) is 19.8 Å². The van der Waals surface area contributed by atoms with Gasteiger partial charge < -0.3 is 15.3 Å². The molecule has 2 unspecified atom stereocenters. The Hall–Kier alpha value is -0.450. The molecule has 3 N–H and O–H groups in total. The van der Waals surface area contributed by atoms with Crippen LogP contribution in [0.5, 0.6) is 0 Å². The molecule has 142 valence electrons. The Morgan fingerprint density at radius 2 is 1.88 bits per heavy atom. The summed E-state index contributed by atoms with van der Waals surface area (Å²) in [5.74, 6) is 1.38. The van der Waals surface area contributed by atoms with Crippen LogP contribution in [-0.4, -0.2) is 40.4 Å². The second-order valence-electron chi connectivity index (χ2n) is 9.74. The zero-order valence-electron chi connectivity index (χ0n) is 15.5. The molecule has 0 radical (unpaired) electrons. The summed E-state index contributed by atoms with van der Waals surface area (Å²) in [5, 5.41) is 31.0. The maximum atomic E-state index is 12.3. The summed E-state index contributed by atoms with van der Waals surface area (Å²) in [7, 11) is 0. The van der Waals surface area contributed by atoms with Crippen molar-refractivity contribution in [2.24, 2.45) is 40.4 Å². The highest BCUT2D eigenvalue weighted by Gasteiger charge is 2.64. The van der Waals surface area contributed by atoms with Crippen molar-refractivity contribution >= 4 is 5.78 Å². The van der Waals surface area contributed by atoms with E-state index in [9.17, 15) is 20.1 Å². The smallest absolute Gasteiger partial charge is 0.161 e. The van der Waals surface area contributed by atoms with Crippen molar-refractivity contribution in [1.82, 2.24) is 0 Å². The summed E-state index contributed by atoms with van der Waals surface area (Å²) < 4.78 is 0. The molecule has 4 aliphatic rings. The Bertz CT molecular complexity index is 534. The first kappa shape index (κ1) is 17.9. The van der Waals surface area contributed by atoms with Gasteiger partial charge >= 0.3 is 0 Å². The van der Waals surface area contributed by atoms with Crippen molar-refractivity contribution in [2.45, 2.75) is 70.8 Å². The molecule has 0 aromatic carbocycles. The molecule has 0 aromatic rings. The standard InChI is InChI=1S/C21H34O4/c1-20-9-3-2-4-13(20)5-6-14-15-7-8-16(18(25)11-22)21(15,12-23)10-17(24)19(14)20/h13-17,19,22-24H,2-12H2,1H3/t13?,14-,15-,16+,17?,19+,20-,21+/m0/s1. The molecule has 25 heavy (non-hydrogen) atoms. The van der Waals surface area contributed by atoms with E-state index in [1.54, 1.807) is 0 Å². The average molecular weight is 350 g/mol. The van der Waals surface area contributed by atoms with Crippen molar-refractivity contribution in [1.29, 1.82) is 0 Å². The summed E-state index contributed by atoms with van der Waals surface area (Å²) in [6.07, 6.45) is 9.32. The summed E-state index contributed by atoms with van der Waals surface area (Å²) in [6, 6.07) is 0. The summed E-state index contributed by atoms with van der Waals surface area (Å²) in [6.45, 7) is 1.94. The quantitative estimate of drug-likeness (QED) is 0.731. The van der Waals surface area contributed by atoms with Crippen LogP contribution in [0, 0.1) is 40.4 Å². The number of rotatable bonds is 3. The first-order valence-corrected chi connectivity index (χ1v) is 10.4. The number of Topliss-reactive ketones (excluding diaryl/α,β-unsaturated/α-hetero) is 1. The van der Waals surface area contributed by atoms with E-state index in [0.29, 0.717) is 24.2 Å². The van der Waals surface area contributed by atoms with Crippen molar-refractivity contribution < 1.29 is 20.1 Å². The maximum Gasteiger partial charge on any atom is 0.161 e. The first-order valence-electron chi connectivity index (χ1n) is 10.4. The fourth-order valence-electron chi connectivity index (χ4n) is 8.10. The van der Waals surface area contributed by atoms with E-state index in [1.807, 2.05) is 0 Å². The van der Waals surface area contributed by atoms with Gasteiger partial charge in [0, 0.05) is 17.9 Å². The molecule has 0 aromatic heterocycles. The van der Waals surface area contributed by atoms with Gasteiger partial charge in [-0.05, 0) is 74.0 Å². The van der Waals surface area contributed by atoms with Gasteiger partial charge in [-0.15, -0.1) is 0 Å². The largest absolute Gasteiger partial charge is 0.396 e. The topological polar surface area (TPSA) is 77.8 Å². The lowest BCUT2D eigenvalue weighted by atomic mass is 9.44. The average Bonchev–Trinajstić information content (AvgIpc) is 2.99. The zero-order chi connectivity index (χ0) is 17.8. The number of aliphatic hydroxyl groups excluding tert-OH is 3. The van der Waals surface area contributed by atoms with Crippen LogP contribution in [0.1, 0.15) is 64.7 Å². The number of hydrogen-bond acceptors (Lipinski definition) is 4. The number of carbonyl (C=O) groups is 1. The second kappa shape index (κ2) is 6.31. The Kier molecular flexibility index (Phi) is 4.53. The third kappa shape index (κ3) is 2.40. The van der Waals surface area contributed by atoms with Crippen LogP contribution in [-0.2, 0) is 4.79 Å². The van der Waals surface area contributed by atoms with Gasteiger partial charge in [0.1, 0.15) is 6.61 Å². The van der Waals surface area contributed by atoms with Crippen LogP contribution in [0.25, 0.3) is 0 Å². The lowest BCUT2D eigenvalue weighted by molar-refractivity contribution is -0.183. The molecule has 4 nitrogen and oxygen atoms in total. The van der Waals surface area contributed by atoms with Crippen LogP contribution in [0.4, 0.5) is 0 Å². The number of hydrogen-bond donors (Lipinski definition) is 3. The molecule has 4 rings (SSSR count). The molecule has 8 atom stereocenters. The first-order chi connectivity index (χ1) is 12.0. The van der Waals surface area contributed by atoms with Gasteiger partial charge in [-0.2, -0.15) is 0 Å². The Balaban J connectivity index is 1.69. The van der Waals surface area contributed by atoms with Crippen LogP contribution < -0.4 is 0 Å². The minimum absolute atomic E-state index is 0.0332. The van der Waals surface area contributed by atoms with E-state index in [0.717, 1.165) is 25.2 Å².